The van der Waals surface area contributed by atoms with E-state index in [1.165, 1.54) is 4.88 Å². The van der Waals surface area contributed by atoms with Gasteiger partial charge in [-0.3, -0.25) is 4.79 Å². The van der Waals surface area contributed by atoms with Crippen LogP contribution in [0.3, 0.4) is 0 Å². The molecule has 0 saturated carbocycles. The molecule has 2 aromatic rings. The smallest absolute Gasteiger partial charge is 0.247 e. The van der Waals surface area contributed by atoms with Crippen LogP contribution in [0.25, 0.3) is 6.08 Å². The topological polar surface area (TPSA) is 48.0 Å². The van der Waals surface area contributed by atoms with Gasteiger partial charge < -0.3 is 19.1 Å². The number of carbonyl (C=O) groups excluding carboxylic acids is 1. The first-order valence-electron chi connectivity index (χ1n) is 8.78. The Morgan fingerprint density at radius 2 is 2.04 bits per heavy atom. The van der Waals surface area contributed by atoms with Gasteiger partial charge in [0.05, 0.1) is 6.54 Å². The summed E-state index contributed by atoms with van der Waals surface area (Å²) in [6.07, 6.45) is 5.26. The van der Waals surface area contributed by atoms with Gasteiger partial charge in [-0.05, 0) is 48.1 Å². The number of rotatable bonds is 5. The lowest BCUT2D eigenvalue weighted by Gasteiger charge is -2.33. The van der Waals surface area contributed by atoms with E-state index in [0.29, 0.717) is 19.8 Å². The quantitative estimate of drug-likeness (QED) is 0.752. The molecule has 5 nitrogen and oxygen atoms in total. The van der Waals surface area contributed by atoms with Gasteiger partial charge in [-0.1, -0.05) is 12.1 Å². The third kappa shape index (κ3) is 3.92. The monoisotopic (exact) mass is 371 g/mol. The van der Waals surface area contributed by atoms with E-state index in [0.717, 1.165) is 29.9 Å². The normalized spacial score (nSPS) is 16.9. The first kappa shape index (κ1) is 17.1. The SMILES string of the molecule is O=C(C=Cc1ccc2c(c1)OCO2)N(Cc1cccs1)C1CCOCC1. The van der Waals surface area contributed by atoms with Gasteiger partial charge in [0.25, 0.3) is 0 Å². The number of hydrogen-bond donors (Lipinski definition) is 0. The van der Waals surface area contributed by atoms with Crippen molar-refractivity contribution in [2.45, 2.75) is 25.4 Å². The van der Waals surface area contributed by atoms with E-state index in [9.17, 15) is 4.79 Å². The summed E-state index contributed by atoms with van der Waals surface area (Å²) in [5, 5.41) is 2.05. The molecule has 1 amide bonds. The Morgan fingerprint density at radius 1 is 1.19 bits per heavy atom. The van der Waals surface area contributed by atoms with Gasteiger partial charge >= 0.3 is 0 Å². The third-order valence-corrected chi connectivity index (χ3v) is 5.50. The lowest BCUT2D eigenvalue weighted by Crippen LogP contribution is -2.42. The van der Waals surface area contributed by atoms with Crippen LogP contribution < -0.4 is 9.47 Å². The average molecular weight is 371 g/mol. The Morgan fingerprint density at radius 3 is 2.85 bits per heavy atom. The molecule has 0 unspecified atom stereocenters. The van der Waals surface area contributed by atoms with Gasteiger partial charge in [-0.2, -0.15) is 0 Å². The summed E-state index contributed by atoms with van der Waals surface area (Å²) in [6, 6.07) is 10.0. The lowest BCUT2D eigenvalue weighted by molar-refractivity contribution is -0.130. The number of thiophene rings is 1. The van der Waals surface area contributed by atoms with E-state index in [1.54, 1.807) is 17.4 Å². The number of benzene rings is 1. The zero-order valence-corrected chi connectivity index (χ0v) is 15.2. The number of fused-ring (bicyclic) bond motifs is 1. The summed E-state index contributed by atoms with van der Waals surface area (Å²) in [7, 11) is 0. The molecule has 1 saturated heterocycles. The van der Waals surface area contributed by atoms with Gasteiger partial charge in [-0.25, -0.2) is 0 Å². The van der Waals surface area contributed by atoms with Gasteiger partial charge in [0.15, 0.2) is 11.5 Å². The van der Waals surface area contributed by atoms with Crippen LogP contribution in [0.15, 0.2) is 41.8 Å². The maximum atomic E-state index is 12.9. The molecule has 3 heterocycles. The molecule has 26 heavy (non-hydrogen) atoms. The summed E-state index contributed by atoms with van der Waals surface area (Å²) in [5.41, 5.74) is 0.922. The van der Waals surface area contributed by atoms with Crippen LogP contribution in [0, 0.1) is 0 Å². The Kier molecular flexibility index (Phi) is 5.22. The molecule has 136 valence electrons. The summed E-state index contributed by atoms with van der Waals surface area (Å²) in [4.78, 5) is 16.1. The van der Waals surface area contributed by atoms with E-state index in [-0.39, 0.29) is 18.7 Å². The van der Waals surface area contributed by atoms with Crippen molar-refractivity contribution in [3.63, 3.8) is 0 Å². The molecule has 2 aliphatic rings. The fourth-order valence-corrected chi connectivity index (χ4v) is 3.94. The summed E-state index contributed by atoms with van der Waals surface area (Å²) >= 11 is 1.68. The van der Waals surface area contributed by atoms with E-state index >= 15 is 0 Å². The highest BCUT2D eigenvalue weighted by Gasteiger charge is 2.25. The number of ether oxygens (including phenoxy) is 3. The molecule has 0 radical (unpaired) electrons. The second-order valence-electron chi connectivity index (χ2n) is 6.34. The van der Waals surface area contributed by atoms with Crippen molar-refractivity contribution in [3.05, 3.63) is 52.2 Å². The van der Waals surface area contributed by atoms with Crippen molar-refractivity contribution < 1.29 is 19.0 Å². The van der Waals surface area contributed by atoms with Gasteiger partial charge in [0, 0.05) is 30.2 Å². The van der Waals surface area contributed by atoms with Gasteiger partial charge in [0.1, 0.15) is 0 Å². The van der Waals surface area contributed by atoms with Crippen molar-refractivity contribution in [2.75, 3.05) is 20.0 Å². The first-order chi connectivity index (χ1) is 12.8. The number of carbonyl (C=O) groups is 1. The van der Waals surface area contributed by atoms with Crippen molar-refractivity contribution in [2.24, 2.45) is 0 Å². The maximum Gasteiger partial charge on any atom is 0.247 e. The lowest BCUT2D eigenvalue weighted by atomic mass is 10.1. The Bertz CT molecular complexity index is 781. The Labute approximate surface area is 156 Å². The maximum absolute atomic E-state index is 12.9. The third-order valence-electron chi connectivity index (χ3n) is 4.64. The van der Waals surface area contributed by atoms with Crippen LogP contribution in [0.1, 0.15) is 23.3 Å². The highest BCUT2D eigenvalue weighted by atomic mass is 32.1. The van der Waals surface area contributed by atoms with Gasteiger partial charge in [0.2, 0.25) is 12.7 Å². The largest absolute Gasteiger partial charge is 0.454 e. The molecule has 0 bridgehead atoms. The molecule has 0 atom stereocenters. The number of hydrogen-bond acceptors (Lipinski definition) is 5. The fourth-order valence-electron chi connectivity index (χ4n) is 3.23. The van der Waals surface area contributed by atoms with E-state index in [2.05, 4.69) is 6.07 Å². The molecule has 4 rings (SSSR count). The van der Waals surface area contributed by atoms with Crippen LogP contribution in [0.2, 0.25) is 0 Å². The standard InChI is InChI=1S/C20H21NO4S/c22-20(6-4-15-3-5-18-19(12-15)25-14-24-18)21(13-17-2-1-11-26-17)16-7-9-23-10-8-16/h1-6,11-12,16H,7-10,13-14H2. The number of amides is 1. The molecule has 1 aromatic heterocycles. The molecule has 1 aromatic carbocycles. The predicted octanol–water partition coefficient (Wildman–Crippen LogP) is 3.70. The summed E-state index contributed by atoms with van der Waals surface area (Å²) in [5.74, 6) is 1.50. The molecule has 0 aliphatic carbocycles. The fraction of sp³-hybridized carbons (Fsp3) is 0.350. The van der Waals surface area contributed by atoms with Crippen LogP contribution in [-0.2, 0) is 16.1 Å². The predicted molar refractivity (Wildman–Crippen MR) is 100 cm³/mol. The zero-order chi connectivity index (χ0) is 17.8. The summed E-state index contributed by atoms with van der Waals surface area (Å²) in [6.45, 7) is 2.32. The molecule has 6 heteroatoms. The van der Waals surface area contributed by atoms with Crippen molar-refractivity contribution >= 4 is 23.3 Å². The van der Waals surface area contributed by atoms with E-state index in [4.69, 9.17) is 14.2 Å². The Hall–Kier alpha value is -2.31. The minimum absolute atomic E-state index is 0.0305. The van der Waals surface area contributed by atoms with Crippen LogP contribution in [0.5, 0.6) is 11.5 Å². The zero-order valence-electron chi connectivity index (χ0n) is 14.4. The van der Waals surface area contributed by atoms with Crippen LogP contribution in [-0.4, -0.2) is 36.9 Å². The molecule has 0 N–H and O–H groups in total. The van der Waals surface area contributed by atoms with Crippen LogP contribution in [0.4, 0.5) is 0 Å². The summed E-state index contributed by atoms with van der Waals surface area (Å²) < 4.78 is 16.2. The van der Waals surface area contributed by atoms with Gasteiger partial charge in [-0.15, -0.1) is 11.3 Å². The van der Waals surface area contributed by atoms with Crippen molar-refractivity contribution in [3.8, 4) is 11.5 Å². The second-order valence-corrected chi connectivity index (χ2v) is 7.37. The molecular formula is C20H21NO4S. The highest BCUT2D eigenvalue weighted by Crippen LogP contribution is 2.32. The van der Waals surface area contributed by atoms with Crippen LogP contribution >= 0.6 is 11.3 Å². The molecule has 0 spiro atoms. The van der Waals surface area contributed by atoms with E-state index in [1.807, 2.05) is 40.6 Å². The van der Waals surface area contributed by atoms with Crippen molar-refractivity contribution in [1.82, 2.24) is 4.90 Å². The molecule has 1 fully saturated rings. The average Bonchev–Trinajstić information content (AvgIpc) is 3.36. The molecule has 2 aliphatic heterocycles. The second kappa shape index (κ2) is 7.93. The first-order valence-corrected chi connectivity index (χ1v) is 9.66. The minimum atomic E-state index is 0.0305. The Balaban J connectivity index is 1.49. The molecular weight excluding hydrogens is 350 g/mol. The number of nitrogens with zero attached hydrogens (tertiary/aromatic N) is 1. The van der Waals surface area contributed by atoms with E-state index < -0.39 is 0 Å². The van der Waals surface area contributed by atoms with Crippen molar-refractivity contribution in [1.29, 1.82) is 0 Å². The minimum Gasteiger partial charge on any atom is -0.454 e. The highest BCUT2D eigenvalue weighted by molar-refractivity contribution is 7.09.